The molecule has 0 unspecified atom stereocenters. The number of hydrogen-bond acceptors (Lipinski definition) is 4. The standard InChI is InChI=1S/C16H18N2OS/c19-11-10-18-15-9-5-4-8-14(15)17-16(18)20-12-13-6-2-1-3-7-13/h1-9,16-17,19H,10-12H2/t16-/m1/s1. The third-order valence-corrected chi connectivity index (χ3v) is 4.56. The van der Waals surface area contributed by atoms with E-state index in [1.807, 2.05) is 30.0 Å². The molecule has 0 aliphatic carbocycles. The number of fused-ring (bicyclic) bond motifs is 1. The maximum absolute atomic E-state index is 9.28. The van der Waals surface area contributed by atoms with Crippen molar-refractivity contribution in [2.45, 2.75) is 11.3 Å². The van der Waals surface area contributed by atoms with Crippen LogP contribution >= 0.6 is 11.8 Å². The molecular formula is C16H18N2OS. The highest BCUT2D eigenvalue weighted by molar-refractivity contribution is 7.99. The number of anilines is 2. The number of β-amino-alcohol motifs (C(OH)–C–C–N with tert-alkyl or cyclic N) is 1. The highest BCUT2D eigenvalue weighted by Crippen LogP contribution is 2.38. The average Bonchev–Trinajstić information content (AvgIpc) is 2.85. The zero-order valence-corrected chi connectivity index (χ0v) is 12.0. The molecule has 1 atom stereocenters. The highest BCUT2D eigenvalue weighted by atomic mass is 32.2. The van der Waals surface area contributed by atoms with E-state index >= 15 is 0 Å². The Kier molecular flexibility index (Phi) is 4.14. The number of nitrogens with zero attached hydrogens (tertiary/aromatic N) is 1. The molecule has 0 fully saturated rings. The van der Waals surface area contributed by atoms with Gasteiger partial charge in [-0.1, -0.05) is 42.5 Å². The fourth-order valence-electron chi connectivity index (χ4n) is 2.41. The number of para-hydroxylation sites is 2. The number of hydrogen-bond donors (Lipinski definition) is 2. The van der Waals surface area contributed by atoms with Gasteiger partial charge in [0.1, 0.15) is 5.50 Å². The molecule has 20 heavy (non-hydrogen) atoms. The molecule has 1 heterocycles. The third kappa shape index (κ3) is 2.76. The molecule has 0 saturated carbocycles. The molecule has 2 aromatic carbocycles. The highest BCUT2D eigenvalue weighted by Gasteiger charge is 2.27. The first kappa shape index (κ1) is 13.3. The van der Waals surface area contributed by atoms with Gasteiger partial charge in [-0.2, -0.15) is 0 Å². The molecular weight excluding hydrogens is 268 g/mol. The van der Waals surface area contributed by atoms with E-state index in [1.165, 1.54) is 11.3 Å². The van der Waals surface area contributed by atoms with Crippen LogP contribution in [0, 0.1) is 0 Å². The molecule has 0 bridgehead atoms. The predicted octanol–water partition coefficient (Wildman–Crippen LogP) is 3.13. The molecule has 0 saturated heterocycles. The van der Waals surface area contributed by atoms with E-state index < -0.39 is 0 Å². The van der Waals surface area contributed by atoms with E-state index in [0.717, 1.165) is 11.4 Å². The van der Waals surface area contributed by atoms with E-state index in [1.54, 1.807) is 0 Å². The molecule has 4 heteroatoms. The number of nitrogens with one attached hydrogen (secondary N) is 1. The fraction of sp³-hybridized carbons (Fsp3) is 0.250. The lowest BCUT2D eigenvalue weighted by Gasteiger charge is -2.25. The van der Waals surface area contributed by atoms with Crippen LogP contribution in [-0.2, 0) is 5.75 Å². The maximum Gasteiger partial charge on any atom is 0.148 e. The molecule has 2 aromatic rings. The van der Waals surface area contributed by atoms with Crippen LogP contribution in [0.25, 0.3) is 0 Å². The Hall–Kier alpha value is -1.65. The van der Waals surface area contributed by atoms with E-state index in [2.05, 4.69) is 46.6 Å². The first-order valence-electron chi connectivity index (χ1n) is 6.77. The summed E-state index contributed by atoms with van der Waals surface area (Å²) in [5, 5.41) is 12.8. The van der Waals surface area contributed by atoms with Crippen LogP contribution in [0.1, 0.15) is 5.56 Å². The number of aliphatic hydroxyl groups excluding tert-OH is 1. The van der Waals surface area contributed by atoms with Gasteiger partial charge in [-0.15, -0.1) is 11.8 Å². The molecule has 1 aliphatic heterocycles. The molecule has 1 aliphatic rings. The van der Waals surface area contributed by atoms with Crippen molar-refractivity contribution in [2.75, 3.05) is 23.4 Å². The van der Waals surface area contributed by atoms with Crippen molar-refractivity contribution in [3.63, 3.8) is 0 Å². The van der Waals surface area contributed by atoms with Gasteiger partial charge in [0, 0.05) is 12.3 Å². The fourth-order valence-corrected chi connectivity index (χ4v) is 3.56. The van der Waals surface area contributed by atoms with E-state index in [-0.39, 0.29) is 12.1 Å². The van der Waals surface area contributed by atoms with Crippen molar-refractivity contribution in [2.24, 2.45) is 0 Å². The molecule has 0 amide bonds. The second-order valence-corrected chi connectivity index (χ2v) is 5.80. The topological polar surface area (TPSA) is 35.5 Å². The van der Waals surface area contributed by atoms with Gasteiger partial charge < -0.3 is 15.3 Å². The maximum atomic E-state index is 9.28. The van der Waals surface area contributed by atoms with Gasteiger partial charge in [-0.3, -0.25) is 0 Å². The summed E-state index contributed by atoms with van der Waals surface area (Å²) in [6.45, 7) is 0.814. The molecule has 104 valence electrons. The summed E-state index contributed by atoms with van der Waals surface area (Å²) in [6.07, 6.45) is 0. The van der Waals surface area contributed by atoms with Gasteiger partial charge in [-0.25, -0.2) is 0 Å². The van der Waals surface area contributed by atoms with Crippen molar-refractivity contribution < 1.29 is 5.11 Å². The predicted molar refractivity (Wildman–Crippen MR) is 86.0 cm³/mol. The van der Waals surface area contributed by atoms with Crippen molar-refractivity contribution in [3.05, 3.63) is 60.2 Å². The Morgan fingerprint density at radius 3 is 2.60 bits per heavy atom. The van der Waals surface area contributed by atoms with Crippen LogP contribution in [0.5, 0.6) is 0 Å². The van der Waals surface area contributed by atoms with Crippen LogP contribution in [0.2, 0.25) is 0 Å². The van der Waals surface area contributed by atoms with Gasteiger partial charge in [0.05, 0.1) is 18.0 Å². The summed E-state index contributed by atoms with van der Waals surface area (Å²) < 4.78 is 0. The quantitative estimate of drug-likeness (QED) is 0.885. The van der Waals surface area contributed by atoms with Gasteiger partial charge in [0.2, 0.25) is 0 Å². The van der Waals surface area contributed by atoms with Crippen molar-refractivity contribution in [1.82, 2.24) is 0 Å². The zero-order valence-electron chi connectivity index (χ0n) is 11.2. The Morgan fingerprint density at radius 2 is 1.80 bits per heavy atom. The number of aliphatic hydroxyl groups is 1. The molecule has 3 nitrogen and oxygen atoms in total. The van der Waals surface area contributed by atoms with Crippen molar-refractivity contribution >= 4 is 23.1 Å². The minimum Gasteiger partial charge on any atom is -0.395 e. The summed E-state index contributed by atoms with van der Waals surface area (Å²) in [5.41, 5.74) is 3.82. The first-order chi connectivity index (χ1) is 9.88. The van der Waals surface area contributed by atoms with Crippen molar-refractivity contribution in [3.8, 4) is 0 Å². The lowest BCUT2D eigenvalue weighted by atomic mass is 10.2. The van der Waals surface area contributed by atoms with E-state index in [4.69, 9.17) is 0 Å². The number of benzene rings is 2. The van der Waals surface area contributed by atoms with Crippen LogP contribution in [0.15, 0.2) is 54.6 Å². The summed E-state index contributed by atoms with van der Waals surface area (Å²) in [5.74, 6) is 0.953. The first-order valence-corrected chi connectivity index (χ1v) is 7.82. The van der Waals surface area contributed by atoms with Gasteiger partial charge in [0.25, 0.3) is 0 Å². The zero-order chi connectivity index (χ0) is 13.8. The van der Waals surface area contributed by atoms with Gasteiger partial charge in [-0.05, 0) is 17.7 Å². The second-order valence-electron chi connectivity index (χ2n) is 4.73. The van der Waals surface area contributed by atoms with Gasteiger partial charge >= 0.3 is 0 Å². The van der Waals surface area contributed by atoms with E-state index in [9.17, 15) is 5.11 Å². The van der Waals surface area contributed by atoms with E-state index in [0.29, 0.717) is 6.54 Å². The summed E-state index contributed by atoms with van der Waals surface area (Å²) in [4.78, 5) is 2.23. The molecule has 0 radical (unpaired) electrons. The minimum absolute atomic E-state index is 0.165. The number of rotatable bonds is 5. The number of thioether (sulfide) groups is 1. The normalized spacial score (nSPS) is 16.9. The van der Waals surface area contributed by atoms with Crippen molar-refractivity contribution in [1.29, 1.82) is 0 Å². The molecule has 0 spiro atoms. The van der Waals surface area contributed by atoms with Crippen LogP contribution in [0.3, 0.4) is 0 Å². The Bertz CT molecular complexity index is 561. The largest absolute Gasteiger partial charge is 0.395 e. The SMILES string of the molecule is OCCN1c2ccccc2N[C@H]1SCc1ccccc1. The summed E-state index contributed by atoms with van der Waals surface area (Å²) in [7, 11) is 0. The summed E-state index contributed by atoms with van der Waals surface area (Å²) >= 11 is 1.85. The second kappa shape index (κ2) is 6.20. The van der Waals surface area contributed by atoms with Crippen LogP contribution in [0.4, 0.5) is 11.4 Å². The molecule has 3 rings (SSSR count). The Morgan fingerprint density at radius 1 is 1.05 bits per heavy atom. The Balaban J connectivity index is 1.71. The smallest absolute Gasteiger partial charge is 0.148 e. The lowest BCUT2D eigenvalue weighted by Crippen LogP contribution is -2.35. The average molecular weight is 286 g/mol. The molecule has 0 aromatic heterocycles. The Labute approximate surface area is 123 Å². The summed E-state index contributed by atoms with van der Waals surface area (Å²) in [6, 6.07) is 18.7. The molecule has 2 N–H and O–H groups in total. The van der Waals surface area contributed by atoms with Crippen LogP contribution in [-0.4, -0.2) is 23.8 Å². The lowest BCUT2D eigenvalue weighted by molar-refractivity contribution is 0.302. The van der Waals surface area contributed by atoms with Crippen LogP contribution < -0.4 is 10.2 Å². The minimum atomic E-state index is 0.165. The third-order valence-electron chi connectivity index (χ3n) is 3.37. The monoisotopic (exact) mass is 286 g/mol. The van der Waals surface area contributed by atoms with Gasteiger partial charge in [0.15, 0.2) is 0 Å².